The van der Waals surface area contributed by atoms with Crippen molar-refractivity contribution in [1.82, 2.24) is 9.97 Å². The molecule has 1 aromatic heterocycles. The number of nitrogens with one attached hydrogen (secondary N) is 2. The van der Waals surface area contributed by atoms with Crippen molar-refractivity contribution in [1.29, 1.82) is 5.41 Å². The highest BCUT2D eigenvalue weighted by molar-refractivity contribution is 6.32. The monoisotopic (exact) mass is 356 g/mol. The van der Waals surface area contributed by atoms with Crippen LogP contribution in [0.3, 0.4) is 0 Å². The summed E-state index contributed by atoms with van der Waals surface area (Å²) in [6.07, 6.45) is 0. The molecule has 2 heterocycles. The van der Waals surface area contributed by atoms with Crippen LogP contribution in [0.5, 0.6) is 0 Å². The molecule has 1 aliphatic rings. The average molecular weight is 357 g/mol. The number of aryl methyl sites for hydroxylation is 1. The second-order valence-corrected chi connectivity index (χ2v) is 6.37. The number of aliphatic hydroxyl groups excluding tert-OH is 1. The fourth-order valence-electron chi connectivity index (χ4n) is 2.94. The number of hydrogen-bond donors (Lipinski definition) is 3. The van der Waals surface area contributed by atoms with Crippen LogP contribution in [0.25, 0.3) is 16.6 Å². The molecule has 0 aliphatic carbocycles. The summed E-state index contributed by atoms with van der Waals surface area (Å²) in [5.74, 6) is 0.0113. The van der Waals surface area contributed by atoms with E-state index in [2.05, 4.69) is 9.97 Å². The number of aromatic nitrogens is 2. The lowest BCUT2D eigenvalue weighted by molar-refractivity contribution is 0.411. The molecule has 25 heavy (non-hydrogen) atoms. The molecule has 4 rings (SSSR count). The summed E-state index contributed by atoms with van der Waals surface area (Å²) < 4.78 is 13.4. The average Bonchev–Trinajstić information content (AvgIpc) is 3.10. The lowest BCUT2D eigenvalue weighted by Gasteiger charge is -2.18. The quantitative estimate of drug-likeness (QED) is 0.635. The molecular formula is C18H14ClFN4O. The standard InChI is InChI=1S/C18H14ClFN4O/c1-9-2-5-13-14(6-9)23-18(22-13)16-15(25)8-24(17(16)21)10-3-4-12(20)11(19)7-10/h2-7,21,25H,8H2,1H3,(H,22,23). The molecule has 0 spiro atoms. The van der Waals surface area contributed by atoms with Gasteiger partial charge in [0.25, 0.3) is 0 Å². The summed E-state index contributed by atoms with van der Waals surface area (Å²) in [5.41, 5.74) is 3.55. The van der Waals surface area contributed by atoms with Crippen LogP contribution in [0.4, 0.5) is 10.1 Å². The van der Waals surface area contributed by atoms with E-state index >= 15 is 0 Å². The van der Waals surface area contributed by atoms with E-state index < -0.39 is 5.82 Å². The number of fused-ring (bicyclic) bond motifs is 1. The lowest BCUT2D eigenvalue weighted by atomic mass is 10.2. The zero-order chi connectivity index (χ0) is 17.7. The van der Waals surface area contributed by atoms with Gasteiger partial charge >= 0.3 is 0 Å². The molecule has 0 amide bonds. The molecule has 3 N–H and O–H groups in total. The molecule has 0 unspecified atom stereocenters. The molecule has 3 aromatic rings. The van der Waals surface area contributed by atoms with Gasteiger partial charge in [-0.3, -0.25) is 5.41 Å². The van der Waals surface area contributed by atoms with Gasteiger partial charge in [-0.05, 0) is 42.8 Å². The van der Waals surface area contributed by atoms with Gasteiger partial charge in [-0.25, -0.2) is 9.37 Å². The van der Waals surface area contributed by atoms with Gasteiger partial charge in [-0.2, -0.15) is 0 Å². The minimum atomic E-state index is -0.527. The number of rotatable bonds is 2. The highest BCUT2D eigenvalue weighted by Crippen LogP contribution is 2.32. The molecule has 0 bridgehead atoms. The maximum Gasteiger partial charge on any atom is 0.145 e. The number of H-pyrrole nitrogens is 1. The van der Waals surface area contributed by atoms with Crippen molar-refractivity contribution >= 4 is 39.7 Å². The molecule has 0 saturated carbocycles. The number of amidine groups is 1. The molecule has 1 aliphatic heterocycles. The largest absolute Gasteiger partial charge is 0.509 e. The Balaban J connectivity index is 1.73. The van der Waals surface area contributed by atoms with Gasteiger partial charge in [0, 0.05) is 5.69 Å². The number of imidazole rings is 1. The van der Waals surface area contributed by atoms with Crippen molar-refractivity contribution in [2.75, 3.05) is 11.4 Å². The highest BCUT2D eigenvalue weighted by Gasteiger charge is 2.31. The van der Waals surface area contributed by atoms with Crippen LogP contribution in [0.1, 0.15) is 11.4 Å². The summed E-state index contributed by atoms with van der Waals surface area (Å²) in [6, 6.07) is 9.99. The normalized spacial score (nSPS) is 14.8. The Hall–Kier alpha value is -2.86. The second kappa shape index (κ2) is 5.60. The van der Waals surface area contributed by atoms with E-state index in [-0.39, 0.29) is 23.2 Å². The van der Waals surface area contributed by atoms with Gasteiger partial charge in [0.2, 0.25) is 0 Å². The number of halogens is 2. The Kier molecular flexibility index (Phi) is 3.51. The minimum Gasteiger partial charge on any atom is -0.509 e. The van der Waals surface area contributed by atoms with Crippen molar-refractivity contribution in [3.63, 3.8) is 0 Å². The number of aliphatic hydroxyl groups is 1. The highest BCUT2D eigenvalue weighted by atomic mass is 35.5. The fraction of sp³-hybridized carbons (Fsp3) is 0.111. The smallest absolute Gasteiger partial charge is 0.145 e. The van der Waals surface area contributed by atoms with Crippen LogP contribution in [-0.4, -0.2) is 27.5 Å². The number of nitrogens with zero attached hydrogens (tertiary/aromatic N) is 2. The molecule has 5 nitrogen and oxygen atoms in total. The van der Waals surface area contributed by atoms with Crippen molar-refractivity contribution in [2.45, 2.75) is 6.92 Å². The third-order valence-corrected chi connectivity index (χ3v) is 4.48. The number of anilines is 1. The lowest BCUT2D eigenvalue weighted by Crippen LogP contribution is -2.26. The maximum atomic E-state index is 13.4. The molecule has 7 heteroatoms. The van der Waals surface area contributed by atoms with E-state index in [1.54, 1.807) is 4.90 Å². The number of aromatic amines is 1. The van der Waals surface area contributed by atoms with E-state index in [9.17, 15) is 9.50 Å². The van der Waals surface area contributed by atoms with Crippen LogP contribution < -0.4 is 4.90 Å². The van der Waals surface area contributed by atoms with Crippen molar-refractivity contribution < 1.29 is 9.50 Å². The van der Waals surface area contributed by atoms with Crippen LogP contribution in [0, 0.1) is 18.2 Å². The van der Waals surface area contributed by atoms with Gasteiger partial charge in [-0.15, -0.1) is 0 Å². The fourth-order valence-corrected chi connectivity index (χ4v) is 3.12. The third-order valence-electron chi connectivity index (χ3n) is 4.19. The van der Waals surface area contributed by atoms with Gasteiger partial charge in [0.05, 0.1) is 28.2 Å². The van der Waals surface area contributed by atoms with Crippen LogP contribution in [0.2, 0.25) is 5.02 Å². The van der Waals surface area contributed by atoms with Gasteiger partial charge in [0.1, 0.15) is 23.2 Å². The summed E-state index contributed by atoms with van der Waals surface area (Å²) in [6.45, 7) is 2.08. The molecular weight excluding hydrogens is 343 g/mol. The van der Waals surface area contributed by atoms with Gasteiger partial charge < -0.3 is 15.0 Å². The molecule has 0 radical (unpaired) electrons. The first kappa shape index (κ1) is 15.7. The third kappa shape index (κ3) is 2.55. The zero-order valence-corrected chi connectivity index (χ0v) is 14.0. The Morgan fingerprint density at radius 2 is 2.08 bits per heavy atom. The van der Waals surface area contributed by atoms with Crippen LogP contribution in [-0.2, 0) is 0 Å². The first-order chi connectivity index (χ1) is 11.9. The van der Waals surface area contributed by atoms with Gasteiger partial charge in [-0.1, -0.05) is 17.7 Å². The Morgan fingerprint density at radius 3 is 2.84 bits per heavy atom. The topological polar surface area (TPSA) is 76.0 Å². The minimum absolute atomic E-state index is 0.0289. The van der Waals surface area contributed by atoms with E-state index in [0.717, 1.165) is 16.6 Å². The van der Waals surface area contributed by atoms with Crippen molar-refractivity contribution in [3.05, 3.63) is 64.4 Å². The van der Waals surface area contributed by atoms with E-state index in [0.29, 0.717) is 17.1 Å². The van der Waals surface area contributed by atoms with Crippen molar-refractivity contribution in [2.24, 2.45) is 0 Å². The Morgan fingerprint density at radius 1 is 1.28 bits per heavy atom. The van der Waals surface area contributed by atoms with Crippen LogP contribution in [0.15, 0.2) is 42.2 Å². The molecule has 0 saturated heterocycles. The van der Waals surface area contributed by atoms with E-state index in [1.165, 1.54) is 18.2 Å². The summed E-state index contributed by atoms with van der Waals surface area (Å²) in [5, 5.41) is 18.8. The number of hydrogen-bond acceptors (Lipinski definition) is 3. The van der Waals surface area contributed by atoms with E-state index in [1.807, 2.05) is 25.1 Å². The summed E-state index contributed by atoms with van der Waals surface area (Å²) in [4.78, 5) is 9.17. The van der Waals surface area contributed by atoms with Crippen LogP contribution >= 0.6 is 11.6 Å². The molecule has 2 aromatic carbocycles. The Labute approximate surface area is 147 Å². The zero-order valence-electron chi connectivity index (χ0n) is 13.3. The van der Waals surface area contributed by atoms with Crippen molar-refractivity contribution in [3.8, 4) is 0 Å². The van der Waals surface area contributed by atoms with E-state index in [4.69, 9.17) is 17.0 Å². The summed E-state index contributed by atoms with van der Waals surface area (Å²) >= 11 is 5.83. The number of benzene rings is 2. The maximum absolute atomic E-state index is 13.4. The Bertz CT molecular complexity index is 1060. The predicted octanol–water partition coefficient (Wildman–Crippen LogP) is 4.43. The molecule has 126 valence electrons. The van der Waals surface area contributed by atoms with Gasteiger partial charge in [0.15, 0.2) is 0 Å². The predicted molar refractivity (Wildman–Crippen MR) is 96.9 cm³/mol. The first-order valence-electron chi connectivity index (χ1n) is 7.64. The SMILES string of the molecule is Cc1ccc2nc(C3=C(O)CN(c4ccc(F)c(Cl)c4)C3=N)[nH]c2c1. The second-order valence-electron chi connectivity index (χ2n) is 5.96. The first-order valence-corrected chi connectivity index (χ1v) is 8.02. The molecule has 0 fully saturated rings. The molecule has 0 atom stereocenters. The summed E-state index contributed by atoms with van der Waals surface area (Å²) in [7, 11) is 0.